The maximum atomic E-state index is 4.26. The van der Waals surface area contributed by atoms with E-state index in [4.69, 9.17) is 0 Å². The van der Waals surface area contributed by atoms with E-state index >= 15 is 0 Å². The summed E-state index contributed by atoms with van der Waals surface area (Å²) in [4.78, 5) is 2.55. The van der Waals surface area contributed by atoms with Gasteiger partial charge in [0.2, 0.25) is 0 Å². The Morgan fingerprint density at radius 3 is 2.59 bits per heavy atom. The molecule has 6 heteroatoms. The number of halogens is 2. The number of hydrogen-bond acceptors (Lipinski definition) is 3. The summed E-state index contributed by atoms with van der Waals surface area (Å²) in [5.74, 6) is 1.74. The van der Waals surface area contributed by atoms with E-state index in [1.807, 2.05) is 17.9 Å². The second-order valence-electron chi connectivity index (χ2n) is 4.94. The predicted octanol–water partition coefficient (Wildman–Crippen LogP) is 1.26. The van der Waals surface area contributed by atoms with Gasteiger partial charge < -0.3 is 5.32 Å². The number of likely N-dealkylation sites (tertiary alicyclic amines) is 1. The van der Waals surface area contributed by atoms with E-state index in [9.17, 15) is 0 Å². The minimum Gasteiger partial charge on any atom is -0.316 e. The van der Waals surface area contributed by atoms with Crippen molar-refractivity contribution in [1.82, 2.24) is 20.0 Å². The summed E-state index contributed by atoms with van der Waals surface area (Å²) in [6, 6.07) is 0. The molecule has 0 aromatic carbocycles. The zero-order chi connectivity index (χ0) is 11.1. The molecule has 2 aliphatic rings. The molecule has 3 heterocycles. The van der Waals surface area contributed by atoms with Crippen LogP contribution in [0.15, 0.2) is 10.7 Å². The maximum absolute atomic E-state index is 4.26. The Kier molecular flexibility index (Phi) is 4.13. The van der Waals surface area contributed by atoms with E-state index in [1.54, 1.807) is 0 Å². The number of fused-ring (bicyclic) bond motifs is 1. The van der Waals surface area contributed by atoms with Crippen LogP contribution in [0.1, 0.15) is 5.69 Å². The molecule has 0 amide bonds. The fraction of sp³-hybridized carbons (Fsp3) is 0.727. The van der Waals surface area contributed by atoms with Crippen molar-refractivity contribution in [2.24, 2.45) is 18.9 Å². The van der Waals surface area contributed by atoms with E-state index < -0.39 is 0 Å². The highest BCUT2D eigenvalue weighted by Gasteiger charge is 2.36. The third kappa shape index (κ3) is 2.52. The Morgan fingerprint density at radius 2 is 2.06 bits per heavy atom. The van der Waals surface area contributed by atoms with Crippen molar-refractivity contribution >= 4 is 28.3 Å². The Hall–Kier alpha value is -0.100. The van der Waals surface area contributed by atoms with Gasteiger partial charge in [-0.25, -0.2) is 0 Å². The molecule has 3 rings (SSSR count). The van der Waals surface area contributed by atoms with Crippen LogP contribution in [-0.4, -0.2) is 40.9 Å². The van der Waals surface area contributed by atoms with E-state index in [0.29, 0.717) is 0 Å². The van der Waals surface area contributed by atoms with Crippen LogP contribution >= 0.6 is 28.3 Å². The lowest BCUT2D eigenvalue weighted by atomic mass is 10.0. The van der Waals surface area contributed by atoms with Gasteiger partial charge in [-0.2, -0.15) is 5.10 Å². The molecule has 0 aliphatic carbocycles. The highest BCUT2D eigenvalue weighted by Crippen LogP contribution is 2.28. The standard InChI is InChI=1S/C11H17BrN4.ClH/c1-15-11(10(12)4-14-15)7-16-5-8-2-13-3-9(8)6-16;/h4,8-9,13H,2-3,5-7H2,1H3;1H/t8-,9+;. The second-order valence-corrected chi connectivity index (χ2v) is 5.79. The van der Waals surface area contributed by atoms with Crippen LogP contribution in [0.2, 0.25) is 0 Å². The second kappa shape index (κ2) is 5.26. The molecular formula is C11H18BrClN4. The predicted molar refractivity (Wildman–Crippen MR) is 73.3 cm³/mol. The summed E-state index contributed by atoms with van der Waals surface area (Å²) in [7, 11) is 2.01. The van der Waals surface area contributed by atoms with Crippen molar-refractivity contribution in [3.8, 4) is 0 Å². The van der Waals surface area contributed by atoms with E-state index in [1.165, 1.54) is 31.9 Å². The summed E-state index contributed by atoms with van der Waals surface area (Å²) in [5, 5.41) is 7.73. The fourth-order valence-corrected chi connectivity index (χ4v) is 3.38. The molecule has 2 aliphatic heterocycles. The van der Waals surface area contributed by atoms with Crippen molar-refractivity contribution < 1.29 is 0 Å². The maximum Gasteiger partial charge on any atom is 0.0663 e. The van der Waals surface area contributed by atoms with Crippen molar-refractivity contribution in [1.29, 1.82) is 0 Å². The van der Waals surface area contributed by atoms with Crippen molar-refractivity contribution in [2.45, 2.75) is 6.54 Å². The Morgan fingerprint density at radius 1 is 1.41 bits per heavy atom. The highest BCUT2D eigenvalue weighted by molar-refractivity contribution is 9.10. The normalized spacial score (nSPS) is 28.1. The van der Waals surface area contributed by atoms with Crippen LogP contribution in [0.3, 0.4) is 0 Å². The fourth-order valence-electron chi connectivity index (χ4n) is 2.91. The first-order valence-corrected chi connectivity index (χ1v) is 6.63. The molecule has 0 unspecified atom stereocenters. The summed E-state index contributed by atoms with van der Waals surface area (Å²) in [6.07, 6.45) is 1.88. The molecule has 2 atom stereocenters. The lowest BCUT2D eigenvalue weighted by Crippen LogP contribution is -2.26. The number of aryl methyl sites for hydroxylation is 1. The Balaban J connectivity index is 0.00000108. The zero-order valence-corrected chi connectivity index (χ0v) is 12.3. The minimum atomic E-state index is 0. The quantitative estimate of drug-likeness (QED) is 0.890. The molecule has 0 spiro atoms. The smallest absolute Gasteiger partial charge is 0.0663 e. The van der Waals surface area contributed by atoms with Gasteiger partial charge in [0.1, 0.15) is 0 Å². The van der Waals surface area contributed by atoms with Gasteiger partial charge in [-0.3, -0.25) is 9.58 Å². The van der Waals surface area contributed by atoms with Crippen LogP contribution < -0.4 is 5.32 Å². The van der Waals surface area contributed by atoms with Gasteiger partial charge in [0.05, 0.1) is 16.4 Å². The molecule has 96 valence electrons. The van der Waals surface area contributed by atoms with Gasteiger partial charge in [0, 0.05) is 26.7 Å². The molecule has 17 heavy (non-hydrogen) atoms. The van der Waals surface area contributed by atoms with Crippen LogP contribution in [0.5, 0.6) is 0 Å². The summed E-state index contributed by atoms with van der Waals surface area (Å²) >= 11 is 3.56. The van der Waals surface area contributed by atoms with Crippen LogP contribution in [0.4, 0.5) is 0 Å². The molecule has 0 saturated carbocycles. The summed E-state index contributed by atoms with van der Waals surface area (Å²) < 4.78 is 3.10. The molecule has 1 aromatic heterocycles. The van der Waals surface area contributed by atoms with Gasteiger partial charge in [0.15, 0.2) is 0 Å². The average molecular weight is 322 g/mol. The number of nitrogens with one attached hydrogen (secondary N) is 1. The first-order valence-electron chi connectivity index (χ1n) is 5.83. The largest absolute Gasteiger partial charge is 0.316 e. The van der Waals surface area contributed by atoms with Gasteiger partial charge >= 0.3 is 0 Å². The van der Waals surface area contributed by atoms with Gasteiger partial charge in [-0.15, -0.1) is 12.4 Å². The molecule has 1 aromatic rings. The molecule has 1 N–H and O–H groups in total. The zero-order valence-electron chi connectivity index (χ0n) is 9.90. The van der Waals surface area contributed by atoms with E-state index in [-0.39, 0.29) is 12.4 Å². The summed E-state index contributed by atoms with van der Waals surface area (Å²) in [6.45, 7) is 5.89. The van der Waals surface area contributed by atoms with Crippen molar-refractivity contribution in [3.05, 3.63) is 16.4 Å². The molecular weight excluding hydrogens is 304 g/mol. The lowest BCUT2D eigenvalue weighted by Gasteiger charge is -2.17. The van der Waals surface area contributed by atoms with Crippen LogP contribution in [-0.2, 0) is 13.6 Å². The van der Waals surface area contributed by atoms with E-state index in [0.717, 1.165) is 22.9 Å². The monoisotopic (exact) mass is 320 g/mol. The third-order valence-electron chi connectivity index (χ3n) is 3.85. The van der Waals surface area contributed by atoms with Crippen LogP contribution in [0, 0.1) is 11.8 Å². The highest BCUT2D eigenvalue weighted by atomic mass is 79.9. The summed E-state index contributed by atoms with van der Waals surface area (Å²) in [5.41, 5.74) is 1.29. The first-order chi connectivity index (χ1) is 7.74. The molecule has 0 bridgehead atoms. The van der Waals surface area contributed by atoms with E-state index in [2.05, 4.69) is 31.2 Å². The molecule has 2 fully saturated rings. The SMILES string of the molecule is Cl.Cn1ncc(Br)c1CN1C[C@H]2CNC[C@H]2C1. The molecule has 4 nitrogen and oxygen atoms in total. The first kappa shape index (κ1) is 13.3. The number of rotatable bonds is 2. The molecule has 0 radical (unpaired) electrons. The third-order valence-corrected chi connectivity index (χ3v) is 4.51. The topological polar surface area (TPSA) is 33.1 Å². The van der Waals surface area contributed by atoms with Gasteiger partial charge in [-0.05, 0) is 40.9 Å². The lowest BCUT2D eigenvalue weighted by molar-refractivity contribution is 0.296. The van der Waals surface area contributed by atoms with Gasteiger partial charge in [-0.1, -0.05) is 0 Å². The average Bonchev–Trinajstić information content (AvgIpc) is 2.88. The number of hydrogen-bond donors (Lipinski definition) is 1. The Labute approximate surface area is 116 Å². The van der Waals surface area contributed by atoms with Crippen LogP contribution in [0.25, 0.3) is 0 Å². The number of nitrogens with zero attached hydrogens (tertiary/aromatic N) is 3. The van der Waals surface area contributed by atoms with Gasteiger partial charge in [0.25, 0.3) is 0 Å². The number of aromatic nitrogens is 2. The van der Waals surface area contributed by atoms with Crippen molar-refractivity contribution in [3.63, 3.8) is 0 Å². The van der Waals surface area contributed by atoms with Crippen molar-refractivity contribution in [2.75, 3.05) is 26.2 Å². The minimum absolute atomic E-state index is 0. The molecule has 2 saturated heterocycles. The Bertz CT molecular complexity index is 363.